The van der Waals surface area contributed by atoms with E-state index in [0.717, 1.165) is 10.5 Å². The zero-order chi connectivity index (χ0) is 22.3. The van der Waals surface area contributed by atoms with Crippen LogP contribution in [0.2, 0.25) is 0 Å². The normalized spacial score (nSPS) is 22.1. The van der Waals surface area contributed by atoms with Crippen LogP contribution in [0.4, 0.5) is 4.79 Å². The number of nitrogens with zero attached hydrogens (tertiary/aromatic N) is 1. The van der Waals surface area contributed by atoms with E-state index >= 15 is 0 Å². The lowest BCUT2D eigenvalue weighted by Crippen LogP contribution is -2.48. The van der Waals surface area contributed by atoms with Gasteiger partial charge in [0.25, 0.3) is 5.91 Å². The van der Waals surface area contributed by atoms with Gasteiger partial charge >= 0.3 is 6.03 Å². The van der Waals surface area contributed by atoms with E-state index in [1.807, 2.05) is 25.1 Å². The zero-order valence-electron chi connectivity index (χ0n) is 17.6. The summed E-state index contributed by atoms with van der Waals surface area (Å²) in [7, 11) is 0. The first-order valence-corrected chi connectivity index (χ1v) is 10.5. The van der Waals surface area contributed by atoms with E-state index in [4.69, 9.17) is 14.2 Å². The fraction of sp³-hybridized carbons (Fsp3) is 0.348. The molecule has 0 unspecified atom stereocenters. The molecule has 1 fully saturated rings. The molecule has 2 aromatic carbocycles. The number of nitrogens with one attached hydrogen (secondary N) is 2. The van der Waals surface area contributed by atoms with Crippen LogP contribution in [0, 0.1) is 0 Å². The van der Waals surface area contributed by atoms with Gasteiger partial charge in [0.1, 0.15) is 25.5 Å². The number of amides is 4. The summed E-state index contributed by atoms with van der Waals surface area (Å²) in [5.41, 5.74) is 0.236. The summed E-state index contributed by atoms with van der Waals surface area (Å²) < 4.78 is 16.7. The smallest absolute Gasteiger partial charge is 0.325 e. The SMILES string of the molecule is C[C@@H](NC(=O)CN1C(=O)N[C@@]2(CCOc3ccccc32)C1=O)c1ccc2c(c1)OCCO2. The van der Waals surface area contributed by atoms with Crippen molar-refractivity contribution in [1.82, 2.24) is 15.5 Å². The molecule has 0 aromatic heterocycles. The maximum Gasteiger partial charge on any atom is 0.325 e. The number of carbonyl (C=O) groups is 3. The fourth-order valence-electron chi connectivity index (χ4n) is 4.36. The van der Waals surface area contributed by atoms with Gasteiger partial charge in [-0.05, 0) is 30.7 Å². The second-order valence-electron chi connectivity index (χ2n) is 8.01. The second-order valence-corrected chi connectivity index (χ2v) is 8.01. The van der Waals surface area contributed by atoms with Crippen LogP contribution in [0.15, 0.2) is 42.5 Å². The van der Waals surface area contributed by atoms with E-state index in [9.17, 15) is 14.4 Å². The van der Waals surface area contributed by atoms with E-state index in [1.165, 1.54) is 0 Å². The largest absolute Gasteiger partial charge is 0.493 e. The molecule has 3 aliphatic rings. The van der Waals surface area contributed by atoms with Gasteiger partial charge in [-0.3, -0.25) is 14.5 Å². The molecule has 166 valence electrons. The molecule has 0 saturated carbocycles. The second kappa shape index (κ2) is 7.74. The highest BCUT2D eigenvalue weighted by Gasteiger charge is 2.55. The van der Waals surface area contributed by atoms with Crippen molar-refractivity contribution in [2.75, 3.05) is 26.4 Å². The molecule has 2 N–H and O–H groups in total. The number of ether oxygens (including phenoxy) is 3. The fourth-order valence-corrected chi connectivity index (χ4v) is 4.36. The Morgan fingerprint density at radius 1 is 1.06 bits per heavy atom. The molecule has 9 heteroatoms. The van der Waals surface area contributed by atoms with Gasteiger partial charge < -0.3 is 24.8 Å². The van der Waals surface area contributed by atoms with Crippen LogP contribution in [0.3, 0.4) is 0 Å². The van der Waals surface area contributed by atoms with Gasteiger partial charge in [0.05, 0.1) is 12.6 Å². The third-order valence-corrected chi connectivity index (χ3v) is 6.00. The summed E-state index contributed by atoms with van der Waals surface area (Å²) in [4.78, 5) is 39.6. The number of rotatable bonds is 4. The maximum atomic E-state index is 13.3. The van der Waals surface area contributed by atoms with Crippen LogP contribution in [0.25, 0.3) is 0 Å². The van der Waals surface area contributed by atoms with Crippen LogP contribution in [-0.4, -0.2) is 49.1 Å². The molecule has 32 heavy (non-hydrogen) atoms. The summed E-state index contributed by atoms with van der Waals surface area (Å²) in [6.07, 6.45) is 0.306. The molecule has 5 rings (SSSR count). The van der Waals surface area contributed by atoms with Crippen molar-refractivity contribution in [2.24, 2.45) is 0 Å². The number of carbonyl (C=O) groups excluding carboxylic acids is 3. The average Bonchev–Trinajstić information content (AvgIpc) is 3.03. The van der Waals surface area contributed by atoms with Crippen molar-refractivity contribution in [3.63, 3.8) is 0 Å². The number of para-hydroxylation sites is 1. The Hall–Kier alpha value is -3.75. The van der Waals surface area contributed by atoms with E-state index in [1.54, 1.807) is 24.3 Å². The van der Waals surface area contributed by atoms with Crippen molar-refractivity contribution < 1.29 is 28.6 Å². The highest BCUT2D eigenvalue weighted by atomic mass is 16.6. The molecule has 2 atom stereocenters. The summed E-state index contributed by atoms with van der Waals surface area (Å²) >= 11 is 0. The van der Waals surface area contributed by atoms with Gasteiger partial charge in [0, 0.05) is 12.0 Å². The van der Waals surface area contributed by atoms with Crippen molar-refractivity contribution in [3.8, 4) is 17.2 Å². The number of benzene rings is 2. The number of imide groups is 1. The quantitative estimate of drug-likeness (QED) is 0.708. The van der Waals surface area contributed by atoms with Gasteiger partial charge in [0.15, 0.2) is 17.0 Å². The average molecular weight is 437 g/mol. The minimum absolute atomic E-state index is 0.296. The molecular formula is C23H23N3O6. The molecule has 3 aliphatic heterocycles. The summed E-state index contributed by atoms with van der Waals surface area (Å²) in [5.74, 6) is 0.976. The third kappa shape index (κ3) is 3.30. The molecule has 0 radical (unpaired) electrons. The lowest BCUT2D eigenvalue weighted by molar-refractivity contribution is -0.136. The Balaban J connectivity index is 1.29. The van der Waals surface area contributed by atoms with Crippen LogP contribution >= 0.6 is 0 Å². The molecule has 4 amide bonds. The van der Waals surface area contributed by atoms with E-state index in [0.29, 0.717) is 49.1 Å². The van der Waals surface area contributed by atoms with Gasteiger partial charge in [-0.25, -0.2) is 4.79 Å². The van der Waals surface area contributed by atoms with Gasteiger partial charge in [-0.2, -0.15) is 0 Å². The predicted octanol–water partition coefficient (Wildman–Crippen LogP) is 1.86. The minimum atomic E-state index is -1.20. The summed E-state index contributed by atoms with van der Waals surface area (Å²) in [5, 5.41) is 5.64. The number of urea groups is 1. The molecule has 0 bridgehead atoms. The predicted molar refractivity (Wildman–Crippen MR) is 112 cm³/mol. The van der Waals surface area contributed by atoms with E-state index < -0.39 is 23.4 Å². The zero-order valence-corrected chi connectivity index (χ0v) is 17.6. The van der Waals surface area contributed by atoms with Crippen molar-refractivity contribution in [3.05, 3.63) is 53.6 Å². The lowest BCUT2D eigenvalue weighted by atomic mass is 9.84. The van der Waals surface area contributed by atoms with E-state index in [-0.39, 0.29) is 12.6 Å². The Labute approximate surface area is 184 Å². The van der Waals surface area contributed by atoms with Crippen molar-refractivity contribution >= 4 is 17.8 Å². The summed E-state index contributed by atoms with van der Waals surface area (Å²) in [6, 6.07) is 11.7. The first kappa shape index (κ1) is 20.2. The minimum Gasteiger partial charge on any atom is -0.493 e. The van der Waals surface area contributed by atoms with Crippen molar-refractivity contribution in [2.45, 2.75) is 24.9 Å². The number of fused-ring (bicyclic) bond motifs is 3. The molecule has 1 saturated heterocycles. The Morgan fingerprint density at radius 3 is 2.66 bits per heavy atom. The highest BCUT2D eigenvalue weighted by molar-refractivity contribution is 6.09. The number of hydrogen-bond donors (Lipinski definition) is 2. The van der Waals surface area contributed by atoms with Crippen molar-refractivity contribution in [1.29, 1.82) is 0 Å². The Bertz CT molecular complexity index is 1100. The molecule has 9 nitrogen and oxygen atoms in total. The van der Waals surface area contributed by atoms with Crippen LogP contribution < -0.4 is 24.8 Å². The van der Waals surface area contributed by atoms with E-state index in [2.05, 4.69) is 10.6 Å². The monoisotopic (exact) mass is 437 g/mol. The van der Waals surface area contributed by atoms with Gasteiger partial charge in [0.2, 0.25) is 5.91 Å². The maximum absolute atomic E-state index is 13.3. The van der Waals surface area contributed by atoms with Gasteiger partial charge in [-0.1, -0.05) is 24.3 Å². The summed E-state index contributed by atoms with van der Waals surface area (Å²) in [6.45, 7) is 2.72. The van der Waals surface area contributed by atoms with Gasteiger partial charge in [-0.15, -0.1) is 0 Å². The van der Waals surface area contributed by atoms with Crippen LogP contribution in [0.5, 0.6) is 17.2 Å². The Morgan fingerprint density at radius 2 is 1.81 bits per heavy atom. The standard InChI is InChI=1S/C23H23N3O6/c1-14(15-6-7-18-19(12-15)32-11-10-31-18)24-20(27)13-26-21(28)23(25-22(26)29)8-9-30-17-5-3-2-4-16(17)23/h2-7,12,14H,8-11,13H2,1H3,(H,24,27)(H,25,29)/t14-,23-/m1/s1. The molecular weight excluding hydrogens is 414 g/mol. The molecule has 2 aromatic rings. The molecule has 0 aliphatic carbocycles. The Kier molecular flexibility index (Phi) is 4.88. The van der Waals surface area contributed by atoms with Crippen LogP contribution in [0.1, 0.15) is 30.5 Å². The third-order valence-electron chi connectivity index (χ3n) is 6.00. The lowest BCUT2D eigenvalue weighted by Gasteiger charge is -2.33. The topological polar surface area (TPSA) is 106 Å². The molecule has 1 spiro atoms. The first-order chi connectivity index (χ1) is 15.5. The first-order valence-electron chi connectivity index (χ1n) is 10.5. The van der Waals surface area contributed by atoms with Crippen LogP contribution in [-0.2, 0) is 15.1 Å². The molecule has 3 heterocycles. The highest BCUT2D eigenvalue weighted by Crippen LogP contribution is 2.41. The number of hydrogen-bond acceptors (Lipinski definition) is 6.